The number of hydrazine groups is 1. The van der Waals surface area contributed by atoms with Crippen molar-refractivity contribution in [2.45, 2.75) is 6.04 Å². The Morgan fingerprint density at radius 2 is 2.57 bits per heavy atom. The number of hydrogen-bond donors (Lipinski definition) is 2. The standard InChI is InChI=1S/C5H6N2/c1-2-5-3-4-6-7-5/h1,3-7H. The summed E-state index contributed by atoms with van der Waals surface area (Å²) in [6.45, 7) is 0. The zero-order valence-corrected chi connectivity index (χ0v) is 3.81. The molecule has 0 fully saturated rings. The van der Waals surface area contributed by atoms with E-state index in [0.717, 1.165) is 0 Å². The van der Waals surface area contributed by atoms with Gasteiger partial charge in [-0.2, -0.15) is 0 Å². The molecule has 1 unspecified atom stereocenters. The van der Waals surface area contributed by atoms with Crippen LogP contribution < -0.4 is 10.9 Å². The Kier molecular flexibility index (Phi) is 1.01. The molecular weight excluding hydrogens is 88.1 g/mol. The molecule has 2 heteroatoms. The first-order chi connectivity index (χ1) is 3.43. The molecule has 0 saturated carbocycles. The Morgan fingerprint density at radius 1 is 1.71 bits per heavy atom. The van der Waals surface area contributed by atoms with Gasteiger partial charge in [-0.15, -0.1) is 6.42 Å². The van der Waals surface area contributed by atoms with Gasteiger partial charge in [0, 0.05) is 6.20 Å². The Bertz CT molecular complexity index is 121. The van der Waals surface area contributed by atoms with Crippen LogP contribution in [0.25, 0.3) is 0 Å². The lowest BCUT2D eigenvalue weighted by molar-refractivity contribution is 0.669. The summed E-state index contributed by atoms with van der Waals surface area (Å²) in [6, 6.07) is 0.0833. The van der Waals surface area contributed by atoms with Crippen molar-refractivity contribution in [2.24, 2.45) is 0 Å². The van der Waals surface area contributed by atoms with E-state index in [4.69, 9.17) is 6.42 Å². The molecule has 1 heterocycles. The summed E-state index contributed by atoms with van der Waals surface area (Å²) in [5.74, 6) is 2.50. The normalized spacial score (nSPS) is 26.4. The average molecular weight is 94.1 g/mol. The minimum atomic E-state index is 0.0833. The molecule has 1 atom stereocenters. The van der Waals surface area contributed by atoms with Gasteiger partial charge in [0.1, 0.15) is 6.04 Å². The van der Waals surface area contributed by atoms with Crippen molar-refractivity contribution in [3.8, 4) is 12.3 Å². The maximum Gasteiger partial charge on any atom is 0.106 e. The molecule has 0 spiro atoms. The molecule has 1 aliphatic rings. The van der Waals surface area contributed by atoms with E-state index in [1.165, 1.54) is 0 Å². The predicted octanol–water partition coefficient (Wildman–Crippen LogP) is -0.390. The second-order valence-electron chi connectivity index (χ2n) is 1.29. The number of rotatable bonds is 0. The molecule has 2 nitrogen and oxygen atoms in total. The van der Waals surface area contributed by atoms with Crippen LogP contribution in [0.15, 0.2) is 12.3 Å². The third kappa shape index (κ3) is 0.729. The largest absolute Gasteiger partial charge is 0.328 e. The van der Waals surface area contributed by atoms with Crippen molar-refractivity contribution in [1.82, 2.24) is 10.9 Å². The Balaban J connectivity index is 2.47. The van der Waals surface area contributed by atoms with Crippen LogP contribution in [0.5, 0.6) is 0 Å². The van der Waals surface area contributed by atoms with Gasteiger partial charge in [0.2, 0.25) is 0 Å². The predicted molar refractivity (Wildman–Crippen MR) is 28.0 cm³/mol. The molecule has 7 heavy (non-hydrogen) atoms. The maximum atomic E-state index is 5.03. The molecule has 1 rings (SSSR count). The van der Waals surface area contributed by atoms with E-state index in [0.29, 0.717) is 0 Å². The van der Waals surface area contributed by atoms with E-state index in [-0.39, 0.29) is 6.04 Å². The van der Waals surface area contributed by atoms with Gasteiger partial charge in [0.15, 0.2) is 0 Å². The van der Waals surface area contributed by atoms with Gasteiger partial charge in [-0.1, -0.05) is 5.92 Å². The van der Waals surface area contributed by atoms with Gasteiger partial charge in [-0.25, -0.2) is 5.43 Å². The lowest BCUT2D eigenvalue weighted by atomic mass is 10.3. The van der Waals surface area contributed by atoms with E-state index < -0.39 is 0 Å². The fraction of sp³-hybridized carbons (Fsp3) is 0.200. The third-order valence-corrected chi connectivity index (χ3v) is 0.790. The fourth-order valence-corrected chi connectivity index (χ4v) is 0.428. The summed E-state index contributed by atoms with van der Waals surface area (Å²) in [5, 5.41) is 0. The molecule has 0 aliphatic carbocycles. The molecule has 0 radical (unpaired) electrons. The summed E-state index contributed by atoms with van der Waals surface area (Å²) in [6.07, 6.45) is 8.69. The smallest absolute Gasteiger partial charge is 0.106 e. The first-order valence-corrected chi connectivity index (χ1v) is 2.07. The van der Waals surface area contributed by atoms with Crippen LogP contribution in [-0.4, -0.2) is 6.04 Å². The van der Waals surface area contributed by atoms with Crippen molar-refractivity contribution < 1.29 is 0 Å². The van der Waals surface area contributed by atoms with Crippen molar-refractivity contribution >= 4 is 0 Å². The first kappa shape index (κ1) is 4.23. The summed E-state index contributed by atoms with van der Waals surface area (Å²) in [7, 11) is 0. The van der Waals surface area contributed by atoms with Gasteiger partial charge in [0.05, 0.1) is 0 Å². The summed E-state index contributed by atoms with van der Waals surface area (Å²) in [5.41, 5.74) is 5.56. The molecule has 0 saturated heterocycles. The SMILES string of the molecule is C#CC1C=CNN1. The molecule has 0 aromatic rings. The van der Waals surface area contributed by atoms with Crippen LogP contribution in [-0.2, 0) is 0 Å². The molecule has 1 aliphatic heterocycles. The summed E-state index contributed by atoms with van der Waals surface area (Å²) in [4.78, 5) is 0. The summed E-state index contributed by atoms with van der Waals surface area (Å²) < 4.78 is 0. The molecule has 36 valence electrons. The van der Waals surface area contributed by atoms with Crippen molar-refractivity contribution in [3.05, 3.63) is 12.3 Å². The van der Waals surface area contributed by atoms with E-state index in [2.05, 4.69) is 16.8 Å². The van der Waals surface area contributed by atoms with E-state index in [1.807, 2.05) is 6.08 Å². The zero-order chi connectivity index (χ0) is 5.11. The van der Waals surface area contributed by atoms with Gasteiger partial charge in [0.25, 0.3) is 0 Å². The molecule has 2 N–H and O–H groups in total. The quantitative estimate of drug-likeness (QED) is 0.399. The van der Waals surface area contributed by atoms with Crippen LogP contribution in [0.2, 0.25) is 0 Å². The van der Waals surface area contributed by atoms with E-state index in [1.54, 1.807) is 6.20 Å². The lowest BCUT2D eigenvalue weighted by Gasteiger charge is -1.95. The highest BCUT2D eigenvalue weighted by atomic mass is 15.4. The van der Waals surface area contributed by atoms with Crippen molar-refractivity contribution in [1.29, 1.82) is 0 Å². The monoisotopic (exact) mass is 94.1 g/mol. The van der Waals surface area contributed by atoms with E-state index in [9.17, 15) is 0 Å². The molecule has 0 aromatic heterocycles. The molecule has 0 amide bonds. The Labute approximate surface area is 42.6 Å². The minimum Gasteiger partial charge on any atom is -0.328 e. The highest BCUT2D eigenvalue weighted by Gasteiger charge is 1.99. The highest BCUT2D eigenvalue weighted by Crippen LogP contribution is 1.85. The van der Waals surface area contributed by atoms with Gasteiger partial charge >= 0.3 is 0 Å². The lowest BCUT2D eigenvalue weighted by Crippen LogP contribution is -2.28. The van der Waals surface area contributed by atoms with Crippen LogP contribution in [0, 0.1) is 12.3 Å². The number of hydrogen-bond acceptors (Lipinski definition) is 2. The molecule has 0 aromatic carbocycles. The summed E-state index contributed by atoms with van der Waals surface area (Å²) >= 11 is 0. The second kappa shape index (κ2) is 1.67. The van der Waals surface area contributed by atoms with Gasteiger partial charge < -0.3 is 5.43 Å². The number of nitrogens with one attached hydrogen (secondary N) is 2. The zero-order valence-electron chi connectivity index (χ0n) is 3.81. The van der Waals surface area contributed by atoms with Crippen LogP contribution in [0.1, 0.15) is 0 Å². The molecular formula is C5H6N2. The third-order valence-electron chi connectivity index (χ3n) is 0.790. The Morgan fingerprint density at radius 3 is 2.86 bits per heavy atom. The molecule has 0 bridgehead atoms. The van der Waals surface area contributed by atoms with Gasteiger partial charge in [-0.3, -0.25) is 0 Å². The Hall–Kier alpha value is -0.940. The number of terminal acetylenes is 1. The maximum absolute atomic E-state index is 5.03. The van der Waals surface area contributed by atoms with Crippen molar-refractivity contribution in [2.75, 3.05) is 0 Å². The highest BCUT2D eigenvalue weighted by molar-refractivity contribution is 5.13. The van der Waals surface area contributed by atoms with Gasteiger partial charge in [-0.05, 0) is 6.08 Å². The second-order valence-corrected chi connectivity index (χ2v) is 1.29. The van der Waals surface area contributed by atoms with Crippen LogP contribution in [0.3, 0.4) is 0 Å². The fourth-order valence-electron chi connectivity index (χ4n) is 0.428. The van der Waals surface area contributed by atoms with E-state index >= 15 is 0 Å². The van der Waals surface area contributed by atoms with Crippen molar-refractivity contribution in [3.63, 3.8) is 0 Å². The van der Waals surface area contributed by atoms with Crippen LogP contribution in [0.4, 0.5) is 0 Å². The topological polar surface area (TPSA) is 24.1 Å². The average Bonchev–Trinajstić information content (AvgIpc) is 2.14. The first-order valence-electron chi connectivity index (χ1n) is 2.07. The van der Waals surface area contributed by atoms with Crippen LogP contribution >= 0.6 is 0 Å². The minimum absolute atomic E-state index is 0.0833.